The summed E-state index contributed by atoms with van der Waals surface area (Å²) in [4.78, 5) is 10.8. The second-order valence-corrected chi connectivity index (χ2v) is 2.21. The number of allylic oxidation sites excluding steroid dienone is 1. The number of hydrogen-bond donors (Lipinski definition) is 1. The van der Waals surface area contributed by atoms with E-state index in [2.05, 4.69) is 5.32 Å². The Labute approximate surface area is 54.9 Å². The predicted octanol–water partition coefficient (Wildman–Crippen LogP) is 0.699. The lowest BCUT2D eigenvalue weighted by Gasteiger charge is -1.94. The Balaban J connectivity index is 2.49. The molecule has 1 unspecified atom stereocenters. The Hall–Kier alpha value is -0.790. The third kappa shape index (κ3) is 1.31. The van der Waals surface area contributed by atoms with E-state index < -0.39 is 0 Å². The van der Waals surface area contributed by atoms with E-state index in [4.69, 9.17) is 0 Å². The molecule has 0 saturated carbocycles. The minimum absolute atomic E-state index is 0.148. The summed E-state index contributed by atoms with van der Waals surface area (Å²) >= 11 is 0. The van der Waals surface area contributed by atoms with E-state index in [9.17, 15) is 4.79 Å². The molecule has 1 fully saturated rings. The molecular weight excluding hydrogens is 114 g/mol. The van der Waals surface area contributed by atoms with E-state index in [1.165, 1.54) is 0 Å². The van der Waals surface area contributed by atoms with Crippen LogP contribution in [0, 0.1) is 5.92 Å². The number of carbonyl (C=O) groups is 1. The lowest BCUT2D eigenvalue weighted by molar-refractivity contribution is -0.121. The molecule has 1 atom stereocenters. The van der Waals surface area contributed by atoms with Crippen LogP contribution in [0.2, 0.25) is 0 Å². The first kappa shape index (κ1) is 6.33. The van der Waals surface area contributed by atoms with E-state index in [-0.39, 0.29) is 11.8 Å². The lowest BCUT2D eigenvalue weighted by atomic mass is 10.1. The molecule has 0 aromatic rings. The van der Waals surface area contributed by atoms with Crippen molar-refractivity contribution in [1.29, 1.82) is 0 Å². The van der Waals surface area contributed by atoms with E-state index in [0.717, 1.165) is 13.0 Å². The summed E-state index contributed by atoms with van der Waals surface area (Å²) in [5.41, 5.74) is 0. The Morgan fingerprint density at radius 3 is 3.00 bits per heavy atom. The first-order valence-electron chi connectivity index (χ1n) is 3.25. The summed E-state index contributed by atoms with van der Waals surface area (Å²) in [6.07, 6.45) is 4.83. The van der Waals surface area contributed by atoms with Crippen molar-refractivity contribution in [3.8, 4) is 0 Å². The summed E-state index contributed by atoms with van der Waals surface area (Å²) in [5.74, 6) is 0.322. The zero-order chi connectivity index (χ0) is 6.69. The summed E-state index contributed by atoms with van der Waals surface area (Å²) in [6, 6.07) is 0. The van der Waals surface area contributed by atoms with Crippen LogP contribution in [0.5, 0.6) is 0 Å². The summed E-state index contributed by atoms with van der Waals surface area (Å²) < 4.78 is 0. The number of nitrogens with one attached hydrogen (secondary N) is 1. The smallest absolute Gasteiger partial charge is 0.226 e. The minimum atomic E-state index is 0.148. The fraction of sp³-hybridized carbons (Fsp3) is 0.571. The van der Waals surface area contributed by atoms with Crippen molar-refractivity contribution in [2.75, 3.05) is 6.54 Å². The molecule has 0 spiro atoms. The first-order valence-corrected chi connectivity index (χ1v) is 3.25. The van der Waals surface area contributed by atoms with Gasteiger partial charge in [0.15, 0.2) is 0 Å². The molecule has 0 aliphatic carbocycles. The number of rotatable bonds is 1. The third-order valence-corrected chi connectivity index (χ3v) is 1.52. The van der Waals surface area contributed by atoms with Crippen LogP contribution in [-0.4, -0.2) is 12.5 Å². The van der Waals surface area contributed by atoms with Crippen LogP contribution < -0.4 is 5.32 Å². The molecule has 0 aromatic heterocycles. The van der Waals surface area contributed by atoms with Gasteiger partial charge in [0, 0.05) is 6.54 Å². The second kappa shape index (κ2) is 2.67. The van der Waals surface area contributed by atoms with Crippen molar-refractivity contribution < 1.29 is 4.79 Å². The number of carbonyl (C=O) groups excluding carboxylic acids is 1. The molecule has 0 radical (unpaired) electrons. The Morgan fingerprint density at radius 2 is 2.56 bits per heavy atom. The summed E-state index contributed by atoms with van der Waals surface area (Å²) in [7, 11) is 0. The topological polar surface area (TPSA) is 29.1 Å². The second-order valence-electron chi connectivity index (χ2n) is 2.21. The summed E-state index contributed by atoms with van der Waals surface area (Å²) in [6.45, 7) is 2.78. The molecule has 1 amide bonds. The lowest BCUT2D eigenvalue weighted by Crippen LogP contribution is -2.17. The van der Waals surface area contributed by atoms with Crippen molar-refractivity contribution in [1.82, 2.24) is 5.32 Å². The highest BCUT2D eigenvalue weighted by atomic mass is 16.2. The highest BCUT2D eigenvalue weighted by Crippen LogP contribution is 2.09. The van der Waals surface area contributed by atoms with Crippen LogP contribution in [-0.2, 0) is 4.79 Å². The molecule has 1 aliphatic rings. The minimum Gasteiger partial charge on any atom is -0.356 e. The normalized spacial score (nSPS) is 27.2. The van der Waals surface area contributed by atoms with E-state index >= 15 is 0 Å². The number of hydrogen-bond acceptors (Lipinski definition) is 1. The van der Waals surface area contributed by atoms with Crippen molar-refractivity contribution in [2.24, 2.45) is 5.92 Å². The van der Waals surface area contributed by atoms with Gasteiger partial charge in [-0.05, 0) is 13.3 Å². The van der Waals surface area contributed by atoms with Gasteiger partial charge in [-0.2, -0.15) is 0 Å². The quantitative estimate of drug-likeness (QED) is 0.513. The van der Waals surface area contributed by atoms with Crippen LogP contribution in [0.15, 0.2) is 12.2 Å². The fourth-order valence-corrected chi connectivity index (χ4v) is 1.03. The van der Waals surface area contributed by atoms with Crippen molar-refractivity contribution in [3.05, 3.63) is 12.2 Å². The van der Waals surface area contributed by atoms with Crippen molar-refractivity contribution >= 4 is 5.91 Å². The molecular formula is C7H11NO. The molecule has 0 bridgehead atoms. The molecule has 1 heterocycles. The standard InChI is InChI=1S/C7H11NO/c1-2-3-6-4-5-8-7(6)9/h2-3,6H,4-5H2,1H3,(H,8,9). The monoisotopic (exact) mass is 125 g/mol. The zero-order valence-electron chi connectivity index (χ0n) is 5.55. The molecule has 9 heavy (non-hydrogen) atoms. The molecule has 2 heteroatoms. The first-order chi connectivity index (χ1) is 4.34. The van der Waals surface area contributed by atoms with Crippen LogP contribution in [0.25, 0.3) is 0 Å². The van der Waals surface area contributed by atoms with Crippen LogP contribution >= 0.6 is 0 Å². The average molecular weight is 125 g/mol. The van der Waals surface area contributed by atoms with Gasteiger partial charge in [0.2, 0.25) is 5.91 Å². The molecule has 0 aromatic carbocycles. The predicted molar refractivity (Wildman–Crippen MR) is 35.9 cm³/mol. The molecule has 50 valence electrons. The van der Waals surface area contributed by atoms with E-state index in [1.54, 1.807) is 0 Å². The molecule has 1 N–H and O–H groups in total. The Kier molecular flexibility index (Phi) is 1.88. The highest BCUT2D eigenvalue weighted by Gasteiger charge is 2.19. The van der Waals surface area contributed by atoms with Gasteiger partial charge < -0.3 is 5.32 Å². The van der Waals surface area contributed by atoms with Crippen molar-refractivity contribution in [2.45, 2.75) is 13.3 Å². The SMILES string of the molecule is CC=CC1CCNC1=O. The maximum Gasteiger partial charge on any atom is 0.226 e. The fourth-order valence-electron chi connectivity index (χ4n) is 1.03. The van der Waals surface area contributed by atoms with Gasteiger partial charge in [0.25, 0.3) is 0 Å². The maximum absolute atomic E-state index is 10.8. The van der Waals surface area contributed by atoms with Gasteiger partial charge in [-0.15, -0.1) is 0 Å². The van der Waals surface area contributed by atoms with Crippen LogP contribution in [0.1, 0.15) is 13.3 Å². The zero-order valence-corrected chi connectivity index (χ0v) is 5.55. The summed E-state index contributed by atoms with van der Waals surface area (Å²) in [5, 5.41) is 2.76. The average Bonchev–Trinajstić information content (AvgIpc) is 2.18. The van der Waals surface area contributed by atoms with Gasteiger partial charge in [0.1, 0.15) is 0 Å². The molecule has 1 saturated heterocycles. The maximum atomic E-state index is 10.8. The highest BCUT2D eigenvalue weighted by molar-refractivity contribution is 5.82. The van der Waals surface area contributed by atoms with Crippen LogP contribution in [0.4, 0.5) is 0 Å². The third-order valence-electron chi connectivity index (χ3n) is 1.52. The molecule has 2 nitrogen and oxygen atoms in total. The van der Waals surface area contributed by atoms with E-state index in [1.807, 2.05) is 19.1 Å². The van der Waals surface area contributed by atoms with Crippen molar-refractivity contribution in [3.63, 3.8) is 0 Å². The van der Waals surface area contributed by atoms with E-state index in [0.29, 0.717) is 0 Å². The Bertz CT molecular complexity index is 140. The Morgan fingerprint density at radius 1 is 1.78 bits per heavy atom. The molecule has 1 rings (SSSR count). The van der Waals surface area contributed by atoms with Gasteiger partial charge >= 0.3 is 0 Å². The largest absolute Gasteiger partial charge is 0.356 e. The molecule has 1 aliphatic heterocycles. The van der Waals surface area contributed by atoms with Gasteiger partial charge in [0.05, 0.1) is 5.92 Å². The van der Waals surface area contributed by atoms with Crippen LogP contribution in [0.3, 0.4) is 0 Å². The number of amides is 1. The van der Waals surface area contributed by atoms with Gasteiger partial charge in [-0.25, -0.2) is 0 Å². The van der Waals surface area contributed by atoms with Gasteiger partial charge in [-0.3, -0.25) is 4.79 Å². The van der Waals surface area contributed by atoms with Gasteiger partial charge in [-0.1, -0.05) is 12.2 Å².